The van der Waals surface area contributed by atoms with E-state index in [2.05, 4.69) is 28.3 Å². The molecule has 288 valence electrons. The summed E-state index contributed by atoms with van der Waals surface area (Å²) in [6.45, 7) is 1.78. The third-order valence-corrected chi connectivity index (χ3v) is 11.4. The summed E-state index contributed by atoms with van der Waals surface area (Å²) in [5.41, 5.74) is 5.34. The number of amides is 2. The molecule has 1 aromatic heterocycles. The first-order chi connectivity index (χ1) is 26.7. The van der Waals surface area contributed by atoms with Crippen LogP contribution in [-0.4, -0.2) is 62.6 Å². The number of allylic oxidation sites excluding steroid dienone is 2. The molecule has 2 aliphatic carbocycles. The molecule has 3 aromatic carbocycles. The van der Waals surface area contributed by atoms with Gasteiger partial charge >= 0.3 is 5.97 Å². The minimum atomic E-state index is -1.17. The first-order valence-corrected chi connectivity index (χ1v) is 19.5. The van der Waals surface area contributed by atoms with Gasteiger partial charge in [-0.3, -0.25) is 14.4 Å². The number of phenols is 1. The smallest absolute Gasteiger partial charge is 0.323 e. The van der Waals surface area contributed by atoms with Crippen molar-refractivity contribution in [1.29, 1.82) is 0 Å². The second kappa shape index (κ2) is 18.7. The third kappa shape index (κ3) is 10.8. The van der Waals surface area contributed by atoms with Gasteiger partial charge in [-0.25, -0.2) is 9.97 Å². The monoisotopic (exact) mass is 744 g/mol. The minimum Gasteiger partial charge on any atom is -0.508 e. The summed E-state index contributed by atoms with van der Waals surface area (Å²) in [5.74, 6) is 1.80. The molecule has 10 nitrogen and oxygen atoms in total. The summed E-state index contributed by atoms with van der Waals surface area (Å²) in [5, 5.41) is 22.4. The van der Waals surface area contributed by atoms with Crippen LogP contribution in [0.15, 0.2) is 91.3 Å². The molecule has 0 aliphatic heterocycles. The number of nitrogens with one attached hydrogen (secondary N) is 1. The number of rotatable bonds is 15. The van der Waals surface area contributed by atoms with Crippen molar-refractivity contribution in [3.63, 3.8) is 0 Å². The van der Waals surface area contributed by atoms with Crippen LogP contribution in [0.4, 0.5) is 0 Å². The number of nitrogens with zero attached hydrogens (tertiary/aromatic N) is 3. The number of carboxylic acid groups (broad SMARTS) is 1. The summed E-state index contributed by atoms with van der Waals surface area (Å²) >= 11 is 0. The van der Waals surface area contributed by atoms with Crippen molar-refractivity contribution in [2.45, 2.75) is 83.7 Å². The molecule has 2 aliphatic rings. The number of carbonyl (C=O) groups excluding carboxylic acids is 2. The summed E-state index contributed by atoms with van der Waals surface area (Å²) in [6, 6.07) is 19.8. The van der Waals surface area contributed by atoms with Crippen molar-refractivity contribution in [3.05, 3.63) is 114 Å². The van der Waals surface area contributed by atoms with Crippen LogP contribution in [0.3, 0.4) is 0 Å². The number of benzene rings is 3. The topological polar surface area (TPSA) is 142 Å². The van der Waals surface area contributed by atoms with Gasteiger partial charge < -0.3 is 25.2 Å². The lowest BCUT2D eigenvalue weighted by atomic mass is 9.71. The van der Waals surface area contributed by atoms with E-state index >= 15 is 0 Å². The highest BCUT2D eigenvalue weighted by Gasteiger charge is 2.30. The molecule has 6 rings (SSSR count). The Morgan fingerprint density at radius 3 is 2.09 bits per heavy atom. The zero-order valence-corrected chi connectivity index (χ0v) is 31.8. The molecule has 0 spiro atoms. The van der Waals surface area contributed by atoms with E-state index in [4.69, 9.17) is 4.74 Å². The zero-order chi connectivity index (χ0) is 38.7. The number of ether oxygens (including phenoxy) is 1. The summed E-state index contributed by atoms with van der Waals surface area (Å²) < 4.78 is 5.20. The molecule has 0 bridgehead atoms. The lowest BCUT2D eigenvalue weighted by Crippen LogP contribution is -2.51. The lowest BCUT2D eigenvalue weighted by molar-refractivity contribution is -0.146. The highest BCUT2D eigenvalue weighted by molar-refractivity contribution is 5.90. The van der Waals surface area contributed by atoms with Gasteiger partial charge in [0.15, 0.2) is 5.82 Å². The van der Waals surface area contributed by atoms with Gasteiger partial charge in [0.25, 0.3) is 0 Å². The molecule has 4 aromatic rings. The van der Waals surface area contributed by atoms with Crippen molar-refractivity contribution in [2.75, 3.05) is 13.7 Å². The number of methoxy groups -OCH3 is 1. The number of phenolic OH excluding ortho intramolecular Hbond substituents is 1. The van der Waals surface area contributed by atoms with E-state index in [1.807, 2.05) is 36.7 Å². The molecular formula is C45H52N4O6. The predicted molar refractivity (Wildman–Crippen MR) is 212 cm³/mol. The Bertz CT molecular complexity index is 1920. The highest BCUT2D eigenvalue weighted by Crippen LogP contribution is 2.41. The molecule has 1 saturated carbocycles. The number of aliphatic carboxylic acids is 1. The van der Waals surface area contributed by atoms with Crippen molar-refractivity contribution >= 4 is 23.4 Å². The molecule has 3 N–H and O–H groups in total. The minimum absolute atomic E-state index is 0.0147. The Kier molecular flexibility index (Phi) is 13.3. The van der Waals surface area contributed by atoms with Crippen LogP contribution in [0.25, 0.3) is 17.0 Å². The molecule has 0 radical (unpaired) electrons. The predicted octanol–water partition coefficient (Wildman–Crippen LogP) is 7.64. The van der Waals surface area contributed by atoms with E-state index in [0.29, 0.717) is 22.7 Å². The summed E-state index contributed by atoms with van der Waals surface area (Å²) in [4.78, 5) is 49.9. The van der Waals surface area contributed by atoms with Crippen LogP contribution in [0.2, 0.25) is 0 Å². The second-order valence-corrected chi connectivity index (χ2v) is 15.0. The SMILES string of the molecule is CC[C@H]1CC[C@H](C2CC=C(c3cnc(-c4ccc(CN(CC(=O)O)C(=O)[C@H](Cc5ccc(O)cc5)NC(=O)Cc5ccc(OC)cc5)cc4)nc3)CC2)CC1. The van der Waals surface area contributed by atoms with Gasteiger partial charge in [0, 0.05) is 36.5 Å². The average Bonchev–Trinajstić information content (AvgIpc) is 3.21. The number of hydrogen-bond donors (Lipinski definition) is 3. The first-order valence-electron chi connectivity index (χ1n) is 19.5. The largest absolute Gasteiger partial charge is 0.508 e. The molecule has 55 heavy (non-hydrogen) atoms. The maximum atomic E-state index is 14.1. The Morgan fingerprint density at radius 1 is 0.836 bits per heavy atom. The normalized spacial score (nSPS) is 18.8. The molecule has 2 amide bonds. The zero-order valence-electron chi connectivity index (χ0n) is 31.8. The fourth-order valence-corrected chi connectivity index (χ4v) is 8.07. The van der Waals surface area contributed by atoms with Gasteiger partial charge in [-0.05, 0) is 96.4 Å². The first kappa shape index (κ1) is 39.2. The molecule has 0 saturated heterocycles. The van der Waals surface area contributed by atoms with E-state index in [-0.39, 0.29) is 31.0 Å². The fraction of sp³-hybridized carbons (Fsp3) is 0.400. The van der Waals surface area contributed by atoms with Gasteiger partial charge in [0.05, 0.1) is 13.5 Å². The van der Waals surface area contributed by atoms with Gasteiger partial charge in [0.2, 0.25) is 11.8 Å². The standard InChI is InChI=1S/C45H52N4O6/c1-3-30-4-12-34(13-5-30)35-16-18-36(19-17-35)38-26-46-44(47-27-38)37-14-6-33(7-15-37)28-49(29-43(52)53)45(54)41(24-31-8-20-39(50)21-9-31)48-42(51)25-32-10-22-40(55-2)23-11-32/h6-11,14-15,18,20-23,26-27,30,34-35,41,50H,3-5,12-13,16-17,19,24-25,28-29H2,1-2H3,(H,48,51)(H,52,53)/t30-,34-,35?,41-/m0/s1. The average molecular weight is 745 g/mol. The Morgan fingerprint density at radius 2 is 1.49 bits per heavy atom. The molecule has 10 heteroatoms. The van der Waals surface area contributed by atoms with E-state index in [9.17, 15) is 24.6 Å². The highest BCUT2D eigenvalue weighted by atomic mass is 16.5. The van der Waals surface area contributed by atoms with Crippen LogP contribution in [-0.2, 0) is 33.8 Å². The van der Waals surface area contributed by atoms with Crippen molar-refractivity contribution in [3.8, 4) is 22.9 Å². The Balaban J connectivity index is 1.11. The molecule has 2 atom stereocenters. The molecule has 1 fully saturated rings. The maximum absolute atomic E-state index is 14.1. The van der Waals surface area contributed by atoms with E-state index in [1.54, 1.807) is 43.5 Å². The molecule has 1 unspecified atom stereocenters. The Hall–Kier alpha value is -5.51. The number of hydrogen-bond acceptors (Lipinski definition) is 7. The Labute approximate surface area is 323 Å². The van der Waals surface area contributed by atoms with Crippen LogP contribution >= 0.6 is 0 Å². The number of aromatic nitrogens is 2. The van der Waals surface area contributed by atoms with Crippen LogP contribution < -0.4 is 10.1 Å². The second-order valence-electron chi connectivity index (χ2n) is 15.0. The van der Waals surface area contributed by atoms with Crippen molar-refractivity contribution in [2.24, 2.45) is 17.8 Å². The van der Waals surface area contributed by atoms with E-state index in [1.165, 1.54) is 61.1 Å². The molecule has 1 heterocycles. The third-order valence-electron chi connectivity index (χ3n) is 11.4. The molecular weight excluding hydrogens is 693 g/mol. The van der Waals surface area contributed by atoms with E-state index < -0.39 is 24.5 Å². The van der Waals surface area contributed by atoms with Crippen molar-refractivity contribution in [1.82, 2.24) is 20.2 Å². The van der Waals surface area contributed by atoms with Crippen LogP contribution in [0, 0.1) is 17.8 Å². The fourth-order valence-electron chi connectivity index (χ4n) is 8.07. The quantitative estimate of drug-likeness (QED) is 0.113. The number of carbonyl (C=O) groups is 3. The van der Waals surface area contributed by atoms with Crippen LogP contribution in [0.5, 0.6) is 11.5 Å². The number of carboxylic acids is 1. The van der Waals surface area contributed by atoms with E-state index in [0.717, 1.165) is 47.3 Å². The summed E-state index contributed by atoms with van der Waals surface area (Å²) in [7, 11) is 1.56. The lowest BCUT2D eigenvalue weighted by Gasteiger charge is -2.35. The van der Waals surface area contributed by atoms with Gasteiger partial charge in [-0.1, -0.05) is 80.8 Å². The van der Waals surface area contributed by atoms with Gasteiger partial charge in [0.1, 0.15) is 24.1 Å². The summed E-state index contributed by atoms with van der Waals surface area (Å²) in [6.07, 6.45) is 16.6. The van der Waals surface area contributed by atoms with Gasteiger partial charge in [-0.2, -0.15) is 0 Å². The van der Waals surface area contributed by atoms with Gasteiger partial charge in [-0.15, -0.1) is 0 Å². The number of aromatic hydroxyl groups is 1. The maximum Gasteiger partial charge on any atom is 0.323 e. The van der Waals surface area contributed by atoms with Crippen LogP contribution in [0.1, 0.15) is 80.5 Å². The van der Waals surface area contributed by atoms with Crippen molar-refractivity contribution < 1.29 is 29.3 Å².